The van der Waals surface area contributed by atoms with Crippen molar-refractivity contribution in [3.05, 3.63) is 70.2 Å². The Morgan fingerprint density at radius 3 is 2.31 bits per heavy atom. The summed E-state index contributed by atoms with van der Waals surface area (Å²) in [6, 6.07) is 8.19. The van der Waals surface area contributed by atoms with Crippen LogP contribution in [0.2, 0.25) is 5.02 Å². The van der Waals surface area contributed by atoms with Gasteiger partial charge >= 0.3 is 0 Å². The Hall–Kier alpha value is -3.19. The fourth-order valence-corrected chi connectivity index (χ4v) is 2.49. The molecular weight excluding hydrogens is 356 g/mol. The molecule has 0 saturated carbocycles. The van der Waals surface area contributed by atoms with Crippen LogP contribution in [0.1, 0.15) is 32.0 Å². The van der Waals surface area contributed by atoms with Crippen LogP contribution < -0.4 is 10.6 Å². The SMILES string of the molecule is Cc1cc(NC(=O)c2cncc(C(=O)Nc3ccc(Cl)cc3C)c2)no1. The maximum atomic E-state index is 12.4. The summed E-state index contributed by atoms with van der Waals surface area (Å²) in [7, 11) is 0. The second-order valence-corrected chi connectivity index (χ2v) is 6.09. The molecule has 0 aliphatic rings. The molecule has 132 valence electrons. The van der Waals surface area contributed by atoms with E-state index in [0.717, 1.165) is 5.56 Å². The van der Waals surface area contributed by atoms with E-state index in [-0.39, 0.29) is 17.0 Å². The van der Waals surface area contributed by atoms with Gasteiger partial charge in [0, 0.05) is 29.2 Å². The van der Waals surface area contributed by atoms with Crippen LogP contribution in [-0.2, 0) is 0 Å². The van der Waals surface area contributed by atoms with E-state index in [1.54, 1.807) is 31.2 Å². The van der Waals surface area contributed by atoms with E-state index in [2.05, 4.69) is 20.8 Å². The average Bonchev–Trinajstić information content (AvgIpc) is 3.02. The molecule has 3 rings (SSSR count). The van der Waals surface area contributed by atoms with Crippen molar-refractivity contribution in [2.24, 2.45) is 0 Å². The van der Waals surface area contributed by atoms with Gasteiger partial charge in [0.15, 0.2) is 5.82 Å². The molecule has 8 heteroatoms. The number of nitrogens with one attached hydrogen (secondary N) is 2. The van der Waals surface area contributed by atoms with Crippen molar-refractivity contribution in [2.75, 3.05) is 10.6 Å². The molecule has 0 atom stereocenters. The van der Waals surface area contributed by atoms with E-state index in [1.807, 2.05) is 6.92 Å². The fourth-order valence-electron chi connectivity index (χ4n) is 2.26. The van der Waals surface area contributed by atoms with Crippen LogP contribution in [0.25, 0.3) is 0 Å². The predicted molar refractivity (Wildman–Crippen MR) is 97.6 cm³/mol. The lowest BCUT2D eigenvalue weighted by Crippen LogP contribution is -2.16. The van der Waals surface area contributed by atoms with Crippen LogP contribution in [-0.4, -0.2) is 22.0 Å². The van der Waals surface area contributed by atoms with Gasteiger partial charge in [-0.1, -0.05) is 16.8 Å². The van der Waals surface area contributed by atoms with Crippen molar-refractivity contribution in [1.29, 1.82) is 0 Å². The number of hydrogen-bond donors (Lipinski definition) is 2. The second kappa shape index (κ2) is 7.37. The molecule has 1 aromatic carbocycles. The summed E-state index contributed by atoms with van der Waals surface area (Å²) < 4.78 is 4.90. The van der Waals surface area contributed by atoms with Gasteiger partial charge in [0.1, 0.15) is 5.76 Å². The van der Waals surface area contributed by atoms with Crippen LogP contribution in [0, 0.1) is 13.8 Å². The molecule has 26 heavy (non-hydrogen) atoms. The van der Waals surface area contributed by atoms with Crippen molar-refractivity contribution < 1.29 is 14.1 Å². The molecule has 0 radical (unpaired) electrons. The number of nitrogens with zero attached hydrogens (tertiary/aromatic N) is 2. The predicted octanol–water partition coefficient (Wildman–Crippen LogP) is 3.84. The van der Waals surface area contributed by atoms with Crippen molar-refractivity contribution in [3.8, 4) is 0 Å². The quantitative estimate of drug-likeness (QED) is 0.727. The number of carbonyl (C=O) groups excluding carboxylic acids is 2. The molecule has 0 bridgehead atoms. The number of pyridine rings is 1. The lowest BCUT2D eigenvalue weighted by atomic mass is 10.1. The molecule has 2 N–H and O–H groups in total. The minimum atomic E-state index is -0.442. The molecule has 0 aliphatic heterocycles. The third-order valence-corrected chi connectivity index (χ3v) is 3.80. The zero-order valence-corrected chi connectivity index (χ0v) is 14.8. The van der Waals surface area contributed by atoms with Crippen LogP contribution >= 0.6 is 11.6 Å². The van der Waals surface area contributed by atoms with E-state index >= 15 is 0 Å². The van der Waals surface area contributed by atoms with Gasteiger partial charge in [-0.2, -0.15) is 0 Å². The number of aromatic nitrogens is 2. The molecule has 2 aromatic heterocycles. The monoisotopic (exact) mass is 370 g/mol. The lowest BCUT2D eigenvalue weighted by molar-refractivity contribution is 0.102. The number of hydrogen-bond acceptors (Lipinski definition) is 5. The first-order valence-electron chi connectivity index (χ1n) is 7.69. The van der Waals surface area contributed by atoms with E-state index in [4.69, 9.17) is 16.1 Å². The van der Waals surface area contributed by atoms with E-state index in [0.29, 0.717) is 22.3 Å². The minimum absolute atomic E-state index is 0.228. The van der Waals surface area contributed by atoms with Crippen LogP contribution in [0.5, 0.6) is 0 Å². The van der Waals surface area contributed by atoms with Crippen molar-refractivity contribution in [3.63, 3.8) is 0 Å². The number of rotatable bonds is 4. The molecule has 3 aromatic rings. The largest absolute Gasteiger partial charge is 0.360 e. The molecule has 0 spiro atoms. The maximum absolute atomic E-state index is 12.4. The first kappa shape index (κ1) is 17.6. The highest BCUT2D eigenvalue weighted by Gasteiger charge is 2.14. The molecule has 2 amide bonds. The Morgan fingerprint density at radius 1 is 1.00 bits per heavy atom. The van der Waals surface area contributed by atoms with Crippen LogP contribution in [0.4, 0.5) is 11.5 Å². The summed E-state index contributed by atoms with van der Waals surface area (Å²) in [4.78, 5) is 28.7. The average molecular weight is 371 g/mol. The zero-order valence-electron chi connectivity index (χ0n) is 14.0. The van der Waals surface area contributed by atoms with Crippen molar-refractivity contribution >= 4 is 34.9 Å². The summed E-state index contributed by atoms with van der Waals surface area (Å²) >= 11 is 5.92. The van der Waals surface area contributed by atoms with Gasteiger partial charge in [0.05, 0.1) is 11.1 Å². The molecule has 7 nitrogen and oxygen atoms in total. The zero-order chi connectivity index (χ0) is 18.7. The third-order valence-electron chi connectivity index (χ3n) is 3.57. The first-order chi connectivity index (χ1) is 12.4. The van der Waals surface area contributed by atoms with E-state index < -0.39 is 5.91 Å². The summed E-state index contributed by atoms with van der Waals surface area (Å²) in [6.07, 6.45) is 2.75. The molecule has 0 unspecified atom stereocenters. The standard InChI is InChI=1S/C18H15ClN4O3/c1-10-5-14(19)3-4-15(10)21-17(24)12-7-13(9-20-8-12)18(25)22-16-6-11(2)26-23-16/h3-9H,1-2H3,(H,21,24)(H,22,23,25). The summed E-state index contributed by atoms with van der Waals surface area (Å²) in [5.74, 6) is 0.0435. The van der Waals surface area contributed by atoms with Crippen molar-refractivity contribution in [1.82, 2.24) is 10.1 Å². The number of anilines is 2. The van der Waals surface area contributed by atoms with E-state index in [9.17, 15) is 9.59 Å². The Morgan fingerprint density at radius 2 is 1.69 bits per heavy atom. The topological polar surface area (TPSA) is 97.1 Å². The van der Waals surface area contributed by atoms with Gasteiger partial charge in [-0.25, -0.2) is 0 Å². The number of aryl methyl sites for hydroxylation is 2. The Labute approximate surface area is 154 Å². The van der Waals surface area contributed by atoms with Gasteiger partial charge < -0.3 is 15.2 Å². The minimum Gasteiger partial charge on any atom is -0.360 e. The van der Waals surface area contributed by atoms with Crippen LogP contribution in [0.3, 0.4) is 0 Å². The molecule has 0 aliphatic carbocycles. The molecule has 0 fully saturated rings. The Balaban J connectivity index is 1.75. The Kier molecular flexibility index (Phi) is 4.99. The van der Waals surface area contributed by atoms with E-state index in [1.165, 1.54) is 18.5 Å². The van der Waals surface area contributed by atoms with Crippen LogP contribution in [0.15, 0.2) is 47.2 Å². The van der Waals surface area contributed by atoms with Gasteiger partial charge in [0.25, 0.3) is 11.8 Å². The maximum Gasteiger partial charge on any atom is 0.258 e. The lowest BCUT2D eigenvalue weighted by Gasteiger charge is -2.09. The highest BCUT2D eigenvalue weighted by molar-refractivity contribution is 6.30. The summed E-state index contributed by atoms with van der Waals surface area (Å²) in [5.41, 5.74) is 1.94. The van der Waals surface area contributed by atoms with Gasteiger partial charge in [0.2, 0.25) is 0 Å². The number of amides is 2. The third kappa shape index (κ3) is 4.07. The van der Waals surface area contributed by atoms with Gasteiger partial charge in [-0.05, 0) is 43.7 Å². The number of carbonyl (C=O) groups is 2. The molecular formula is C18H15ClN4O3. The summed E-state index contributed by atoms with van der Waals surface area (Å²) in [6.45, 7) is 3.55. The van der Waals surface area contributed by atoms with Crippen molar-refractivity contribution in [2.45, 2.75) is 13.8 Å². The normalized spacial score (nSPS) is 10.4. The highest BCUT2D eigenvalue weighted by atomic mass is 35.5. The highest BCUT2D eigenvalue weighted by Crippen LogP contribution is 2.20. The Bertz CT molecular complexity index is 984. The van der Waals surface area contributed by atoms with Gasteiger partial charge in [-0.3, -0.25) is 14.6 Å². The fraction of sp³-hybridized carbons (Fsp3) is 0.111. The molecule has 2 heterocycles. The number of halogens is 1. The summed E-state index contributed by atoms with van der Waals surface area (Å²) in [5, 5.41) is 9.64. The second-order valence-electron chi connectivity index (χ2n) is 5.65. The number of benzene rings is 1. The first-order valence-corrected chi connectivity index (χ1v) is 8.07. The van der Waals surface area contributed by atoms with Gasteiger partial charge in [-0.15, -0.1) is 0 Å². The molecule has 0 saturated heterocycles. The smallest absolute Gasteiger partial charge is 0.258 e.